The topological polar surface area (TPSA) is 52.6 Å². The van der Waals surface area contributed by atoms with Crippen molar-refractivity contribution in [2.75, 3.05) is 14.2 Å². The van der Waals surface area contributed by atoms with E-state index in [1.54, 1.807) is 19.1 Å². The Kier molecular flexibility index (Phi) is 4.35. The van der Waals surface area contributed by atoms with E-state index in [1.165, 1.54) is 14.2 Å². The van der Waals surface area contributed by atoms with Crippen molar-refractivity contribution in [3.8, 4) is 0 Å². The molecule has 104 valence electrons. The Morgan fingerprint density at radius 2 is 1.32 bits per heavy atom. The Hall–Kier alpha value is -1.84. The lowest BCUT2D eigenvalue weighted by Crippen LogP contribution is -2.17. The smallest absolute Gasteiger partial charge is 0.338 e. The molecule has 0 aliphatic carbocycles. The summed E-state index contributed by atoms with van der Waals surface area (Å²) in [5.41, 5.74) is 2.08. The van der Waals surface area contributed by atoms with E-state index in [2.05, 4.69) is 0 Å². The highest BCUT2D eigenvalue weighted by molar-refractivity contribution is 5.98. The van der Waals surface area contributed by atoms with E-state index in [1.807, 2.05) is 20.8 Å². The summed E-state index contributed by atoms with van der Waals surface area (Å²) < 4.78 is 9.52. The first-order valence-corrected chi connectivity index (χ1v) is 6.04. The van der Waals surface area contributed by atoms with Gasteiger partial charge in [0.05, 0.1) is 25.3 Å². The van der Waals surface area contributed by atoms with Crippen LogP contribution in [-0.4, -0.2) is 26.2 Å². The fourth-order valence-corrected chi connectivity index (χ4v) is 1.79. The largest absolute Gasteiger partial charge is 0.465 e. The summed E-state index contributed by atoms with van der Waals surface area (Å²) in [6, 6.07) is 3.54. The van der Waals surface area contributed by atoms with Crippen LogP contribution in [-0.2, 0) is 14.9 Å². The molecular weight excluding hydrogens is 244 g/mol. The average Bonchev–Trinajstić information content (AvgIpc) is 2.35. The summed E-state index contributed by atoms with van der Waals surface area (Å²) in [5, 5.41) is 0. The summed E-state index contributed by atoms with van der Waals surface area (Å²) in [6.07, 6.45) is 0. The molecule has 0 aromatic heterocycles. The minimum Gasteiger partial charge on any atom is -0.465 e. The van der Waals surface area contributed by atoms with Gasteiger partial charge in [0.25, 0.3) is 0 Å². The van der Waals surface area contributed by atoms with Crippen LogP contribution in [0.1, 0.15) is 52.6 Å². The standard InChI is InChI=1S/C15H20O4/c1-9-11(13(16)18-5)7-10(15(2,3)4)8-12(9)14(17)19-6/h7-8H,1-6H3. The first-order chi connectivity index (χ1) is 8.72. The van der Waals surface area contributed by atoms with E-state index in [0.717, 1.165) is 5.56 Å². The van der Waals surface area contributed by atoms with Gasteiger partial charge >= 0.3 is 11.9 Å². The summed E-state index contributed by atoms with van der Waals surface area (Å²) in [6.45, 7) is 7.75. The summed E-state index contributed by atoms with van der Waals surface area (Å²) in [5.74, 6) is -0.900. The second-order valence-corrected chi connectivity index (χ2v) is 5.43. The van der Waals surface area contributed by atoms with Crippen molar-refractivity contribution in [3.63, 3.8) is 0 Å². The maximum atomic E-state index is 11.8. The first-order valence-electron chi connectivity index (χ1n) is 6.04. The Bertz CT molecular complexity index is 472. The number of hydrogen-bond donors (Lipinski definition) is 0. The Balaban J connectivity index is 3.56. The van der Waals surface area contributed by atoms with Crippen LogP contribution in [0.15, 0.2) is 12.1 Å². The number of benzene rings is 1. The molecule has 1 aromatic carbocycles. The van der Waals surface area contributed by atoms with Gasteiger partial charge in [0, 0.05) is 0 Å². The van der Waals surface area contributed by atoms with Crippen LogP contribution in [0.25, 0.3) is 0 Å². The molecule has 19 heavy (non-hydrogen) atoms. The Morgan fingerprint density at radius 1 is 0.947 bits per heavy atom. The summed E-state index contributed by atoms with van der Waals surface area (Å²) >= 11 is 0. The number of carbonyl (C=O) groups is 2. The van der Waals surface area contributed by atoms with Crippen molar-refractivity contribution in [3.05, 3.63) is 34.4 Å². The molecule has 1 aromatic rings. The molecule has 0 bridgehead atoms. The lowest BCUT2D eigenvalue weighted by atomic mass is 9.83. The number of carbonyl (C=O) groups excluding carboxylic acids is 2. The van der Waals surface area contributed by atoms with Crippen LogP contribution in [0.3, 0.4) is 0 Å². The van der Waals surface area contributed by atoms with Crippen LogP contribution in [0.5, 0.6) is 0 Å². The molecule has 1 rings (SSSR count). The van der Waals surface area contributed by atoms with Crippen LogP contribution in [0.2, 0.25) is 0 Å². The van der Waals surface area contributed by atoms with Crippen molar-refractivity contribution >= 4 is 11.9 Å². The second-order valence-electron chi connectivity index (χ2n) is 5.43. The lowest BCUT2D eigenvalue weighted by Gasteiger charge is -2.22. The van der Waals surface area contributed by atoms with E-state index < -0.39 is 11.9 Å². The molecule has 0 saturated carbocycles. The molecular formula is C15H20O4. The molecule has 0 amide bonds. The maximum Gasteiger partial charge on any atom is 0.338 e. The normalized spacial score (nSPS) is 11.1. The van der Waals surface area contributed by atoms with Crippen molar-refractivity contribution < 1.29 is 19.1 Å². The average molecular weight is 264 g/mol. The van der Waals surface area contributed by atoms with Crippen LogP contribution in [0.4, 0.5) is 0 Å². The maximum absolute atomic E-state index is 11.8. The predicted molar refractivity (Wildman–Crippen MR) is 72.6 cm³/mol. The molecule has 0 saturated heterocycles. The fraction of sp³-hybridized carbons (Fsp3) is 0.467. The number of ether oxygens (including phenoxy) is 2. The van der Waals surface area contributed by atoms with Crippen LogP contribution >= 0.6 is 0 Å². The summed E-state index contributed by atoms with van der Waals surface area (Å²) in [4.78, 5) is 23.6. The van der Waals surface area contributed by atoms with E-state index in [9.17, 15) is 9.59 Å². The van der Waals surface area contributed by atoms with Gasteiger partial charge in [-0.1, -0.05) is 20.8 Å². The Labute approximate surface area is 113 Å². The third kappa shape index (κ3) is 3.13. The van der Waals surface area contributed by atoms with Gasteiger partial charge in [-0.25, -0.2) is 9.59 Å². The predicted octanol–water partition coefficient (Wildman–Crippen LogP) is 2.87. The number of methoxy groups -OCH3 is 2. The van der Waals surface area contributed by atoms with Gasteiger partial charge in [0.2, 0.25) is 0 Å². The third-order valence-electron chi connectivity index (χ3n) is 3.08. The number of hydrogen-bond acceptors (Lipinski definition) is 4. The molecule has 0 N–H and O–H groups in total. The second kappa shape index (κ2) is 5.43. The van der Waals surface area contributed by atoms with Gasteiger partial charge < -0.3 is 9.47 Å². The molecule has 0 aliphatic rings. The van der Waals surface area contributed by atoms with Gasteiger partial charge in [0.1, 0.15) is 0 Å². The molecule has 0 fully saturated rings. The van der Waals surface area contributed by atoms with E-state index in [4.69, 9.17) is 9.47 Å². The lowest BCUT2D eigenvalue weighted by molar-refractivity contribution is 0.0597. The SMILES string of the molecule is COC(=O)c1cc(C(C)(C)C)cc(C(=O)OC)c1C. The number of rotatable bonds is 2. The molecule has 0 atom stereocenters. The van der Waals surface area contributed by atoms with Crippen molar-refractivity contribution in [1.29, 1.82) is 0 Å². The highest BCUT2D eigenvalue weighted by Crippen LogP contribution is 2.28. The highest BCUT2D eigenvalue weighted by atomic mass is 16.5. The zero-order valence-corrected chi connectivity index (χ0v) is 12.3. The molecule has 4 heteroatoms. The van der Waals surface area contributed by atoms with E-state index >= 15 is 0 Å². The molecule has 0 spiro atoms. The zero-order valence-electron chi connectivity index (χ0n) is 12.3. The molecule has 0 unspecified atom stereocenters. The van der Waals surface area contributed by atoms with Crippen molar-refractivity contribution in [2.24, 2.45) is 0 Å². The summed E-state index contributed by atoms with van der Waals surface area (Å²) in [7, 11) is 2.65. The van der Waals surface area contributed by atoms with Gasteiger partial charge in [-0.05, 0) is 35.6 Å². The van der Waals surface area contributed by atoms with Gasteiger partial charge in [0.15, 0.2) is 0 Å². The Morgan fingerprint density at radius 3 is 1.58 bits per heavy atom. The number of esters is 2. The first kappa shape index (κ1) is 15.2. The van der Waals surface area contributed by atoms with Gasteiger partial charge in [-0.3, -0.25) is 0 Å². The third-order valence-corrected chi connectivity index (χ3v) is 3.08. The fourth-order valence-electron chi connectivity index (χ4n) is 1.79. The van der Waals surface area contributed by atoms with Crippen molar-refractivity contribution in [2.45, 2.75) is 33.1 Å². The molecule has 0 heterocycles. The van der Waals surface area contributed by atoms with Crippen LogP contribution in [0, 0.1) is 6.92 Å². The van der Waals surface area contributed by atoms with Gasteiger partial charge in [-0.2, -0.15) is 0 Å². The van der Waals surface area contributed by atoms with Gasteiger partial charge in [-0.15, -0.1) is 0 Å². The molecule has 4 nitrogen and oxygen atoms in total. The van der Waals surface area contributed by atoms with E-state index in [0.29, 0.717) is 16.7 Å². The molecule has 0 radical (unpaired) electrons. The minimum atomic E-state index is -0.450. The van der Waals surface area contributed by atoms with E-state index in [-0.39, 0.29) is 5.41 Å². The van der Waals surface area contributed by atoms with Crippen LogP contribution < -0.4 is 0 Å². The minimum absolute atomic E-state index is 0.181. The monoisotopic (exact) mass is 264 g/mol. The highest BCUT2D eigenvalue weighted by Gasteiger charge is 2.23. The molecule has 0 aliphatic heterocycles. The van der Waals surface area contributed by atoms with Crippen molar-refractivity contribution in [1.82, 2.24) is 0 Å². The quantitative estimate of drug-likeness (QED) is 0.771. The zero-order chi connectivity index (χ0) is 14.8.